The molecule has 0 saturated carbocycles. The summed E-state index contributed by atoms with van der Waals surface area (Å²) in [5, 5.41) is 3.86. The zero-order valence-electron chi connectivity index (χ0n) is 10.2. The Hall–Kier alpha value is 0.500. The van der Waals surface area contributed by atoms with Crippen molar-refractivity contribution >= 4 is 114 Å². The van der Waals surface area contributed by atoms with Crippen molar-refractivity contribution in [3.8, 4) is 0 Å². The topological polar surface area (TPSA) is 0 Å². The van der Waals surface area contributed by atoms with E-state index in [0.29, 0.717) is 31.6 Å². The van der Waals surface area contributed by atoms with E-state index in [1.54, 1.807) is 0 Å². The minimum atomic E-state index is 0.179. The van der Waals surface area contributed by atoms with Crippen LogP contribution in [0.2, 0.25) is 40.2 Å². The lowest BCUT2D eigenvalue weighted by molar-refractivity contribution is 1.75. The van der Waals surface area contributed by atoms with Gasteiger partial charge in [-0.2, -0.15) is 0 Å². The predicted molar refractivity (Wildman–Crippen MR) is 102 cm³/mol. The Morgan fingerprint density at radius 2 is 0.682 bits per heavy atom. The first kappa shape index (κ1) is 17.3. The quantitative estimate of drug-likeness (QED) is 0.235. The Kier molecular flexibility index (Phi) is 4.80. The van der Waals surface area contributed by atoms with Crippen LogP contribution in [0.5, 0.6) is 0 Å². The average Bonchev–Trinajstić information content (AvgIpc) is 2.44. The molecule has 0 spiro atoms. The Bertz CT molecular complexity index is 882. The molecule has 3 aromatic carbocycles. The Balaban J connectivity index is 2.81. The summed E-state index contributed by atoms with van der Waals surface area (Å²) in [6.07, 6.45) is 0. The first-order valence-electron chi connectivity index (χ1n) is 5.67. The number of halogens is 8. The van der Waals surface area contributed by atoms with Crippen LogP contribution < -0.4 is 0 Å². The van der Waals surface area contributed by atoms with Gasteiger partial charge in [0.15, 0.2) is 0 Å². The van der Waals surface area contributed by atoms with Crippen LogP contribution in [0.1, 0.15) is 0 Å². The predicted octanol–water partition coefficient (Wildman–Crippen LogP) is 9.22. The smallest absolute Gasteiger partial charge is 0.0693 e. The third-order valence-electron chi connectivity index (χ3n) is 3.22. The second kappa shape index (κ2) is 6.10. The summed E-state index contributed by atoms with van der Waals surface area (Å²) < 4.78 is 0. The third kappa shape index (κ3) is 2.44. The minimum absolute atomic E-state index is 0.179. The molecular weight excluding hydrogens is 452 g/mol. The molecule has 0 atom stereocenters. The van der Waals surface area contributed by atoms with Crippen LogP contribution in [0.25, 0.3) is 21.5 Å². The molecule has 0 bridgehead atoms. The molecule has 0 fully saturated rings. The number of hydrogen-bond acceptors (Lipinski definition) is 0. The SMILES string of the molecule is Clc1cc(Cl)c2c(c1Cl)c(Cl)c(Cl)c1c(Cl)c(Cl)cc(Cl)c12. The Morgan fingerprint density at radius 1 is 0.364 bits per heavy atom. The summed E-state index contributed by atoms with van der Waals surface area (Å²) >= 11 is 50.0. The molecule has 0 unspecified atom stereocenters. The molecule has 8 heteroatoms. The van der Waals surface area contributed by atoms with E-state index < -0.39 is 0 Å². The van der Waals surface area contributed by atoms with E-state index in [2.05, 4.69) is 0 Å². The maximum absolute atomic E-state index is 6.35. The Morgan fingerprint density at radius 3 is 1.00 bits per heavy atom. The molecule has 0 N–H and O–H groups in total. The second-order valence-corrected chi connectivity index (χ2v) is 7.58. The summed E-state index contributed by atoms with van der Waals surface area (Å²) in [5.41, 5.74) is 0. The van der Waals surface area contributed by atoms with Crippen LogP contribution in [-0.4, -0.2) is 0 Å². The fourth-order valence-corrected chi connectivity index (χ4v) is 4.58. The van der Waals surface area contributed by atoms with Crippen molar-refractivity contribution in [3.63, 3.8) is 0 Å². The highest BCUT2D eigenvalue weighted by molar-refractivity contribution is 6.59. The molecule has 0 aromatic heterocycles. The van der Waals surface area contributed by atoms with Crippen molar-refractivity contribution < 1.29 is 0 Å². The second-order valence-electron chi connectivity index (χ2n) is 4.44. The number of fused-ring (bicyclic) bond motifs is 3. The van der Waals surface area contributed by atoms with Gasteiger partial charge in [0.05, 0.1) is 40.2 Å². The van der Waals surface area contributed by atoms with Crippen molar-refractivity contribution in [1.29, 1.82) is 0 Å². The molecule has 22 heavy (non-hydrogen) atoms. The molecular formula is C14H2Cl8. The largest absolute Gasteiger partial charge is 0.0836 e. The van der Waals surface area contributed by atoms with E-state index in [4.69, 9.17) is 92.8 Å². The third-order valence-corrected chi connectivity index (χ3v) is 6.25. The molecule has 0 aliphatic heterocycles. The van der Waals surface area contributed by atoms with Gasteiger partial charge in [0, 0.05) is 21.5 Å². The van der Waals surface area contributed by atoms with Gasteiger partial charge in [-0.3, -0.25) is 0 Å². The zero-order valence-corrected chi connectivity index (χ0v) is 16.2. The summed E-state index contributed by atoms with van der Waals surface area (Å²) in [6, 6.07) is 3.02. The fraction of sp³-hybridized carbons (Fsp3) is 0. The first-order chi connectivity index (χ1) is 10.3. The van der Waals surface area contributed by atoms with Crippen molar-refractivity contribution in [2.45, 2.75) is 0 Å². The normalized spacial score (nSPS) is 11.6. The van der Waals surface area contributed by atoms with Crippen molar-refractivity contribution in [2.24, 2.45) is 0 Å². The molecule has 0 radical (unpaired) electrons. The van der Waals surface area contributed by atoms with Crippen LogP contribution >= 0.6 is 92.8 Å². The zero-order chi connectivity index (χ0) is 16.3. The first-order valence-corrected chi connectivity index (χ1v) is 8.69. The van der Waals surface area contributed by atoms with Gasteiger partial charge in [0.25, 0.3) is 0 Å². The van der Waals surface area contributed by atoms with Gasteiger partial charge < -0.3 is 0 Å². The molecule has 0 heterocycles. The van der Waals surface area contributed by atoms with Gasteiger partial charge in [-0.05, 0) is 12.1 Å². The number of rotatable bonds is 0. The molecule has 114 valence electrons. The average molecular weight is 454 g/mol. The van der Waals surface area contributed by atoms with E-state index >= 15 is 0 Å². The van der Waals surface area contributed by atoms with Crippen molar-refractivity contribution in [2.75, 3.05) is 0 Å². The standard InChI is InChI=1S/C14H2Cl8/c15-3-1-5(17)11(19)9-7(3)8-4(16)2-6(18)12(20)10(8)14(22)13(9)21/h1-2H. The summed E-state index contributed by atoms with van der Waals surface area (Å²) in [4.78, 5) is 0. The summed E-state index contributed by atoms with van der Waals surface area (Å²) in [5.74, 6) is 0. The fourth-order valence-electron chi connectivity index (χ4n) is 2.31. The molecule has 3 rings (SSSR count). The number of benzene rings is 3. The van der Waals surface area contributed by atoms with Crippen molar-refractivity contribution in [3.05, 3.63) is 52.3 Å². The van der Waals surface area contributed by atoms with E-state index in [9.17, 15) is 0 Å². The van der Waals surface area contributed by atoms with Gasteiger partial charge in [0.2, 0.25) is 0 Å². The molecule has 0 aliphatic carbocycles. The van der Waals surface area contributed by atoms with E-state index in [0.717, 1.165) is 0 Å². The molecule has 0 aliphatic rings. The summed E-state index contributed by atoms with van der Waals surface area (Å²) in [7, 11) is 0. The van der Waals surface area contributed by atoms with Crippen LogP contribution in [0.4, 0.5) is 0 Å². The van der Waals surface area contributed by atoms with Crippen molar-refractivity contribution in [1.82, 2.24) is 0 Å². The highest BCUT2D eigenvalue weighted by Gasteiger charge is 2.23. The maximum atomic E-state index is 6.35. The van der Waals surface area contributed by atoms with Gasteiger partial charge >= 0.3 is 0 Å². The lowest BCUT2D eigenvalue weighted by Crippen LogP contribution is -1.88. The monoisotopic (exact) mass is 450 g/mol. The van der Waals surface area contributed by atoms with E-state index in [1.807, 2.05) is 0 Å². The molecule has 0 nitrogen and oxygen atoms in total. The van der Waals surface area contributed by atoms with Crippen LogP contribution in [-0.2, 0) is 0 Å². The maximum Gasteiger partial charge on any atom is 0.0693 e. The van der Waals surface area contributed by atoms with Crippen LogP contribution in [0.3, 0.4) is 0 Å². The van der Waals surface area contributed by atoms with Gasteiger partial charge in [-0.25, -0.2) is 0 Å². The van der Waals surface area contributed by atoms with Gasteiger partial charge in [-0.15, -0.1) is 0 Å². The van der Waals surface area contributed by atoms with Gasteiger partial charge in [-0.1, -0.05) is 92.8 Å². The van der Waals surface area contributed by atoms with Gasteiger partial charge in [0.1, 0.15) is 0 Å². The van der Waals surface area contributed by atoms with Crippen LogP contribution in [0, 0.1) is 0 Å². The molecule has 0 amide bonds. The van der Waals surface area contributed by atoms with E-state index in [1.165, 1.54) is 12.1 Å². The molecule has 3 aromatic rings. The molecule has 0 saturated heterocycles. The van der Waals surface area contributed by atoms with E-state index in [-0.39, 0.29) is 30.1 Å². The lowest BCUT2D eigenvalue weighted by Gasteiger charge is -2.16. The minimum Gasteiger partial charge on any atom is -0.0836 e. The van der Waals surface area contributed by atoms with Crippen LogP contribution in [0.15, 0.2) is 12.1 Å². The highest BCUT2D eigenvalue weighted by atomic mass is 35.5. The summed E-state index contributed by atoms with van der Waals surface area (Å²) in [6.45, 7) is 0. The Labute approximate surface area is 165 Å². The number of hydrogen-bond donors (Lipinski definition) is 0. The lowest BCUT2D eigenvalue weighted by atomic mass is 10.0. The highest BCUT2D eigenvalue weighted by Crippen LogP contribution is 2.51.